The minimum Gasteiger partial charge on any atom is -0.326 e. The van der Waals surface area contributed by atoms with E-state index in [0.717, 1.165) is 48.6 Å². The first kappa shape index (κ1) is 15.4. The molecule has 1 aromatic rings. The number of hydrogen-bond donors (Lipinski definition) is 3. The topological polar surface area (TPSA) is 70.2 Å². The lowest BCUT2D eigenvalue weighted by Crippen LogP contribution is -2.28. The Kier molecular flexibility index (Phi) is 5.00. The molecule has 0 aromatic heterocycles. The standard InChI is InChI=1S/C16H21N3O2S/c20-15(4-1-11-5-7-17-8-6-11)18-12-2-3-14-13(9-12)19-16(21)10-22-14/h2-3,9,11,17H,1,4-8,10H2,(H,18,20)(H,19,21). The molecule has 118 valence electrons. The molecule has 3 rings (SSSR count). The third kappa shape index (κ3) is 4.01. The molecule has 0 bridgehead atoms. The molecule has 0 aliphatic carbocycles. The zero-order valence-corrected chi connectivity index (χ0v) is 13.3. The van der Waals surface area contributed by atoms with Crippen LogP contribution >= 0.6 is 11.8 Å². The molecule has 0 saturated carbocycles. The molecule has 0 radical (unpaired) electrons. The molecule has 0 atom stereocenters. The van der Waals surface area contributed by atoms with Crippen LogP contribution in [0.1, 0.15) is 25.7 Å². The van der Waals surface area contributed by atoms with Gasteiger partial charge in [0, 0.05) is 17.0 Å². The summed E-state index contributed by atoms with van der Waals surface area (Å²) >= 11 is 1.52. The Morgan fingerprint density at radius 2 is 2.14 bits per heavy atom. The van der Waals surface area contributed by atoms with Gasteiger partial charge in [0.15, 0.2) is 0 Å². The van der Waals surface area contributed by atoms with Crippen LogP contribution in [0.4, 0.5) is 11.4 Å². The van der Waals surface area contributed by atoms with Gasteiger partial charge in [0.2, 0.25) is 11.8 Å². The number of carbonyl (C=O) groups is 2. The van der Waals surface area contributed by atoms with Crippen LogP contribution < -0.4 is 16.0 Å². The number of rotatable bonds is 4. The first-order chi connectivity index (χ1) is 10.7. The van der Waals surface area contributed by atoms with E-state index in [1.165, 1.54) is 11.8 Å². The molecule has 5 nitrogen and oxygen atoms in total. The van der Waals surface area contributed by atoms with E-state index in [9.17, 15) is 9.59 Å². The molecule has 0 unspecified atom stereocenters. The van der Waals surface area contributed by atoms with Crippen molar-refractivity contribution < 1.29 is 9.59 Å². The largest absolute Gasteiger partial charge is 0.326 e. The number of benzene rings is 1. The lowest BCUT2D eigenvalue weighted by atomic mass is 9.93. The van der Waals surface area contributed by atoms with Crippen LogP contribution in [0, 0.1) is 5.92 Å². The summed E-state index contributed by atoms with van der Waals surface area (Å²) in [6, 6.07) is 5.68. The molecule has 2 aliphatic heterocycles. The number of thioether (sulfide) groups is 1. The summed E-state index contributed by atoms with van der Waals surface area (Å²) in [6.07, 6.45) is 3.83. The van der Waals surface area contributed by atoms with Gasteiger partial charge in [0.25, 0.3) is 0 Å². The second-order valence-corrected chi connectivity index (χ2v) is 6.85. The number of nitrogens with one attached hydrogen (secondary N) is 3. The van der Waals surface area contributed by atoms with Gasteiger partial charge in [0.05, 0.1) is 11.4 Å². The van der Waals surface area contributed by atoms with Gasteiger partial charge in [0.1, 0.15) is 0 Å². The highest BCUT2D eigenvalue weighted by Gasteiger charge is 2.17. The fraction of sp³-hybridized carbons (Fsp3) is 0.500. The van der Waals surface area contributed by atoms with Crippen molar-refractivity contribution in [2.45, 2.75) is 30.6 Å². The maximum absolute atomic E-state index is 12.1. The van der Waals surface area contributed by atoms with Gasteiger partial charge in [-0.05, 0) is 56.5 Å². The predicted molar refractivity (Wildman–Crippen MR) is 89.3 cm³/mol. The van der Waals surface area contributed by atoms with Crippen molar-refractivity contribution in [3.63, 3.8) is 0 Å². The van der Waals surface area contributed by atoms with Gasteiger partial charge >= 0.3 is 0 Å². The summed E-state index contributed by atoms with van der Waals surface area (Å²) in [5.74, 6) is 1.17. The van der Waals surface area contributed by atoms with E-state index in [4.69, 9.17) is 0 Å². The molecule has 6 heteroatoms. The van der Waals surface area contributed by atoms with Crippen LogP contribution in [-0.4, -0.2) is 30.7 Å². The van der Waals surface area contributed by atoms with Gasteiger partial charge in [-0.3, -0.25) is 9.59 Å². The van der Waals surface area contributed by atoms with Crippen molar-refractivity contribution in [1.82, 2.24) is 5.32 Å². The Morgan fingerprint density at radius 3 is 2.95 bits per heavy atom. The number of anilines is 2. The molecule has 1 saturated heterocycles. The molecule has 22 heavy (non-hydrogen) atoms. The predicted octanol–water partition coefficient (Wildman–Crippen LogP) is 2.45. The van der Waals surface area contributed by atoms with E-state index in [2.05, 4.69) is 16.0 Å². The van der Waals surface area contributed by atoms with E-state index in [1.807, 2.05) is 18.2 Å². The van der Waals surface area contributed by atoms with Crippen LogP contribution in [0.15, 0.2) is 23.1 Å². The first-order valence-electron chi connectivity index (χ1n) is 7.78. The average Bonchev–Trinajstić information content (AvgIpc) is 2.53. The molecule has 2 aliphatic rings. The van der Waals surface area contributed by atoms with Crippen LogP contribution in [-0.2, 0) is 9.59 Å². The molecule has 0 spiro atoms. The average molecular weight is 319 g/mol. The summed E-state index contributed by atoms with van der Waals surface area (Å²) in [5, 5.41) is 9.11. The second kappa shape index (κ2) is 7.15. The summed E-state index contributed by atoms with van der Waals surface area (Å²) in [7, 11) is 0. The summed E-state index contributed by atoms with van der Waals surface area (Å²) in [5.41, 5.74) is 1.54. The van der Waals surface area contributed by atoms with Crippen molar-refractivity contribution in [2.75, 3.05) is 29.5 Å². The van der Waals surface area contributed by atoms with Gasteiger partial charge in [-0.2, -0.15) is 0 Å². The van der Waals surface area contributed by atoms with Crippen molar-refractivity contribution in [1.29, 1.82) is 0 Å². The SMILES string of the molecule is O=C(CCC1CCNCC1)Nc1ccc2c(c1)NC(=O)CS2. The van der Waals surface area contributed by atoms with Crippen LogP contribution in [0.5, 0.6) is 0 Å². The maximum atomic E-state index is 12.1. The molecule has 2 heterocycles. The number of amides is 2. The van der Waals surface area contributed by atoms with E-state index in [1.54, 1.807) is 0 Å². The lowest BCUT2D eigenvalue weighted by Gasteiger charge is -2.22. The minimum atomic E-state index is 0.00637. The first-order valence-corrected chi connectivity index (χ1v) is 8.76. The Balaban J connectivity index is 1.52. The van der Waals surface area contributed by atoms with Gasteiger partial charge in [-0.25, -0.2) is 0 Å². The highest BCUT2D eigenvalue weighted by molar-refractivity contribution is 8.00. The van der Waals surface area contributed by atoms with Crippen molar-refractivity contribution >= 4 is 35.0 Å². The van der Waals surface area contributed by atoms with Crippen LogP contribution in [0.2, 0.25) is 0 Å². The Hall–Kier alpha value is -1.53. The Labute approximate surface area is 134 Å². The van der Waals surface area contributed by atoms with Crippen LogP contribution in [0.3, 0.4) is 0 Å². The Bertz CT molecular complexity index is 571. The quantitative estimate of drug-likeness (QED) is 0.797. The Morgan fingerprint density at radius 1 is 1.32 bits per heavy atom. The molecule has 2 amide bonds. The highest BCUT2D eigenvalue weighted by Crippen LogP contribution is 2.33. The van der Waals surface area contributed by atoms with E-state index >= 15 is 0 Å². The van der Waals surface area contributed by atoms with Crippen molar-refractivity contribution in [3.8, 4) is 0 Å². The molecule has 3 N–H and O–H groups in total. The summed E-state index contributed by atoms with van der Waals surface area (Å²) in [6.45, 7) is 2.13. The number of hydrogen-bond acceptors (Lipinski definition) is 4. The number of carbonyl (C=O) groups excluding carboxylic acids is 2. The van der Waals surface area contributed by atoms with Crippen molar-refractivity contribution in [2.24, 2.45) is 5.92 Å². The number of piperidine rings is 1. The van der Waals surface area contributed by atoms with Crippen LogP contribution in [0.25, 0.3) is 0 Å². The third-order valence-electron chi connectivity index (χ3n) is 4.13. The smallest absolute Gasteiger partial charge is 0.234 e. The molecule has 1 aromatic carbocycles. The lowest BCUT2D eigenvalue weighted by molar-refractivity contribution is -0.116. The minimum absolute atomic E-state index is 0.00637. The monoisotopic (exact) mass is 319 g/mol. The van der Waals surface area contributed by atoms with Gasteiger partial charge in [-0.1, -0.05) is 0 Å². The van der Waals surface area contributed by atoms with E-state index < -0.39 is 0 Å². The molecular formula is C16H21N3O2S. The third-order valence-corrected chi connectivity index (χ3v) is 5.21. The number of fused-ring (bicyclic) bond motifs is 1. The van der Waals surface area contributed by atoms with E-state index in [0.29, 0.717) is 18.1 Å². The molecule has 1 fully saturated rings. The summed E-state index contributed by atoms with van der Waals surface area (Å²) < 4.78 is 0. The fourth-order valence-corrected chi connectivity index (χ4v) is 3.68. The maximum Gasteiger partial charge on any atom is 0.234 e. The zero-order chi connectivity index (χ0) is 15.4. The highest BCUT2D eigenvalue weighted by atomic mass is 32.2. The zero-order valence-electron chi connectivity index (χ0n) is 12.5. The van der Waals surface area contributed by atoms with Gasteiger partial charge in [-0.15, -0.1) is 11.8 Å². The van der Waals surface area contributed by atoms with Crippen molar-refractivity contribution in [3.05, 3.63) is 18.2 Å². The van der Waals surface area contributed by atoms with Gasteiger partial charge < -0.3 is 16.0 Å². The molecular weight excluding hydrogens is 298 g/mol. The van der Waals surface area contributed by atoms with E-state index in [-0.39, 0.29) is 11.8 Å². The second-order valence-electron chi connectivity index (χ2n) is 5.83. The normalized spacial score (nSPS) is 18.5. The summed E-state index contributed by atoms with van der Waals surface area (Å²) in [4.78, 5) is 24.5. The fourth-order valence-electron chi connectivity index (χ4n) is 2.89.